The molecule has 19 nitrogen and oxygen atoms in total. The summed E-state index contributed by atoms with van der Waals surface area (Å²) in [6.45, 7) is 31.3. The van der Waals surface area contributed by atoms with E-state index >= 15 is 0 Å². The minimum Gasteiger partial charge on any atom is -0.390 e. The van der Waals surface area contributed by atoms with Crippen LogP contribution < -0.4 is 0 Å². The first-order valence-corrected chi connectivity index (χ1v) is 29.8. The number of hydrogen-bond acceptors (Lipinski definition) is 15. The van der Waals surface area contributed by atoms with Gasteiger partial charge in [0.1, 0.15) is 23.8 Å². The number of aliphatic hydroxyl groups is 1. The zero-order valence-corrected chi connectivity index (χ0v) is 51.3. The highest BCUT2D eigenvalue weighted by Gasteiger charge is 2.41. The summed E-state index contributed by atoms with van der Waals surface area (Å²) in [5, 5.41) is 29.7. The van der Waals surface area contributed by atoms with E-state index in [-0.39, 0.29) is 50.3 Å². The molecule has 2 aliphatic rings. The molecule has 2 fully saturated rings. The van der Waals surface area contributed by atoms with E-state index < -0.39 is 23.1 Å². The van der Waals surface area contributed by atoms with Gasteiger partial charge in [-0.25, -0.2) is 34.0 Å². The molecule has 0 aromatic carbocycles. The monoisotopic (exact) mass is 1120 g/mol. The van der Waals surface area contributed by atoms with Crippen LogP contribution in [0.3, 0.4) is 0 Å². The predicted molar refractivity (Wildman–Crippen MR) is 321 cm³/mol. The Labute approximate surface area is 471 Å². The van der Waals surface area contributed by atoms with Gasteiger partial charge in [0.05, 0.1) is 86.7 Å². The van der Waals surface area contributed by atoms with Crippen molar-refractivity contribution in [2.75, 3.05) is 41.4 Å². The van der Waals surface area contributed by atoms with Gasteiger partial charge in [-0.05, 0) is 120 Å². The molecule has 78 heavy (non-hydrogen) atoms. The average Bonchev–Trinajstić information content (AvgIpc) is 4.19. The van der Waals surface area contributed by atoms with Gasteiger partial charge in [-0.1, -0.05) is 21.3 Å². The summed E-state index contributed by atoms with van der Waals surface area (Å²) in [5.41, 5.74) is 3.43. The highest BCUT2D eigenvalue weighted by molar-refractivity contribution is 7.47. The zero-order valence-electron chi connectivity index (χ0n) is 49.6. The Morgan fingerprint density at radius 2 is 1.06 bits per heavy atom. The molecule has 0 radical (unpaired) electrons. The van der Waals surface area contributed by atoms with Crippen molar-refractivity contribution in [1.82, 2.24) is 42.9 Å². The average molecular weight is 1120 g/mol. The van der Waals surface area contributed by atoms with Crippen molar-refractivity contribution < 1.29 is 28.2 Å². The molecule has 1 N–H and O–H groups in total. The highest BCUT2D eigenvalue weighted by atomic mass is 31.2. The minimum atomic E-state index is -1.33. The lowest BCUT2D eigenvalue weighted by Gasteiger charge is -2.45. The van der Waals surface area contributed by atoms with Crippen molar-refractivity contribution >= 4 is 63.1 Å². The lowest BCUT2D eigenvalue weighted by atomic mass is 10.1. The molecule has 1 unspecified atom stereocenters. The van der Waals surface area contributed by atoms with Crippen LogP contribution in [-0.2, 0) is 23.0 Å². The Morgan fingerprint density at radius 1 is 0.654 bits per heavy atom. The fourth-order valence-corrected chi connectivity index (χ4v) is 13.6. The molecule has 0 aliphatic carbocycles. The number of rotatable bonds is 25. The summed E-state index contributed by atoms with van der Waals surface area (Å²) in [6, 6.07) is 14.4. The molecule has 0 bridgehead atoms. The number of ether oxygens (including phenoxy) is 2. The van der Waals surface area contributed by atoms with Gasteiger partial charge in [0.15, 0.2) is 8.45 Å². The van der Waals surface area contributed by atoms with E-state index in [1.807, 2.05) is 86.1 Å². The molecule has 21 heteroatoms. The number of aliphatic imine (C=N–C) groups is 2. The van der Waals surface area contributed by atoms with E-state index in [1.165, 1.54) is 0 Å². The number of pyridine rings is 2. The van der Waals surface area contributed by atoms with Crippen LogP contribution in [0.15, 0.2) is 59.0 Å². The first-order valence-electron chi connectivity index (χ1n) is 27.5. The number of nitrogens with zero attached hydrogens (tertiary/aromatic N) is 13. The molecule has 2 saturated heterocycles. The van der Waals surface area contributed by atoms with Crippen molar-refractivity contribution in [3.05, 3.63) is 49.1 Å². The SMILES string of the molecule is C.CC(C)N(C(C)C)P(OCCC#N)N(C(C)C)C(C)C.CC[C@H]1O[C@@H](n2ccc3c(N=CN(C)C)ccnc32)C[C@@H]1O.CC[C@H]1O[C@@H](n2ccc3c(N=CN(C)C)ccnc32)C[C@@H]1OP(OCCC#N)N(C(C)C)C(C)C. The van der Waals surface area contributed by atoms with Gasteiger partial charge in [0, 0.05) is 113 Å². The van der Waals surface area contributed by atoms with E-state index in [1.54, 1.807) is 25.1 Å². The van der Waals surface area contributed by atoms with Crippen LogP contribution in [0.25, 0.3) is 22.1 Å². The molecule has 4 aromatic rings. The van der Waals surface area contributed by atoms with Crippen LogP contribution >= 0.6 is 17.0 Å². The van der Waals surface area contributed by atoms with Crippen LogP contribution in [0.4, 0.5) is 11.4 Å². The molecule has 0 spiro atoms. The summed E-state index contributed by atoms with van der Waals surface area (Å²) >= 11 is 0. The molecule has 0 amide bonds. The molecule has 7 atom stereocenters. The summed E-state index contributed by atoms with van der Waals surface area (Å²) in [7, 11) is 5.59. The quantitative estimate of drug-likeness (QED) is 0.0285. The number of aromatic nitrogens is 4. The summed E-state index contributed by atoms with van der Waals surface area (Å²) < 4.78 is 42.5. The minimum absolute atomic E-state index is 0. The summed E-state index contributed by atoms with van der Waals surface area (Å²) in [4.78, 5) is 22.0. The van der Waals surface area contributed by atoms with Crippen LogP contribution in [0, 0.1) is 22.7 Å². The fraction of sp³-hybridized carbons (Fsp3) is 0.684. The first kappa shape index (κ1) is 68.1. The van der Waals surface area contributed by atoms with Crippen molar-refractivity contribution in [3.63, 3.8) is 0 Å². The normalized spacial score (nSPS) is 20.1. The lowest BCUT2D eigenvalue weighted by molar-refractivity contribution is -0.0180. The maximum atomic E-state index is 10.0. The highest BCUT2D eigenvalue weighted by Crippen LogP contribution is 2.52. The number of fused-ring (bicyclic) bond motifs is 2. The van der Waals surface area contributed by atoms with E-state index in [4.69, 9.17) is 33.6 Å². The van der Waals surface area contributed by atoms with Gasteiger partial charge >= 0.3 is 0 Å². The zero-order chi connectivity index (χ0) is 57.1. The van der Waals surface area contributed by atoms with Crippen LogP contribution in [0.2, 0.25) is 0 Å². The van der Waals surface area contributed by atoms with Gasteiger partial charge in [-0.2, -0.15) is 10.5 Å². The topological polar surface area (TPSA) is 191 Å². The standard InChI is InChI=1S/C25H39N6O3P.C16H22N4O2.C15H32N3OP.CH4/c1-8-22-23(34-35(32-15-9-12-26)31(18(2)3)19(4)5)16-24(33-22)30-14-11-20-21(28-17-29(6)7)10-13-27-25(20)30;1-4-14-13(21)9-15(22-14)20-8-6-11-12(18-10-19(2)3)5-7-17-16(11)20;1-12(2)17(13(3)4)20(19-11-9-10-16)18(14(5)6)15(7)8;/h10-11,13-14,17-19,22-24H,8-9,15-16H2,1-7H3;5-8,10,13-15,21H,4,9H2,1-3H3;12-15H,9,11H2,1-8H3;1H4/t22-,23+,24-,35?;13-,14+,15+;;/m10../s1. The van der Waals surface area contributed by atoms with Gasteiger partial charge in [0.2, 0.25) is 0 Å². The second-order valence-corrected chi connectivity index (χ2v) is 24.5. The van der Waals surface area contributed by atoms with Gasteiger partial charge in [-0.15, -0.1) is 0 Å². The summed E-state index contributed by atoms with van der Waals surface area (Å²) in [6.07, 6.45) is 13.8. The van der Waals surface area contributed by atoms with Crippen molar-refractivity contribution in [2.24, 2.45) is 9.98 Å². The molecule has 0 saturated carbocycles. The third-order valence-corrected chi connectivity index (χ3v) is 17.9. The van der Waals surface area contributed by atoms with Gasteiger partial charge in [-0.3, -0.25) is 0 Å². The maximum absolute atomic E-state index is 10.0. The number of hydrogen-bond donors (Lipinski definition) is 1. The van der Waals surface area contributed by atoms with Crippen molar-refractivity contribution in [2.45, 2.75) is 216 Å². The Bertz CT molecular complexity index is 2460. The van der Waals surface area contributed by atoms with E-state index in [9.17, 15) is 5.11 Å². The number of aliphatic hydroxyl groups excluding tert-OH is 1. The second-order valence-electron chi connectivity index (χ2n) is 21.4. The molecular formula is C57H97N13O6P2. The maximum Gasteiger partial charge on any atom is 0.259 e. The third-order valence-electron chi connectivity index (χ3n) is 12.7. The third kappa shape index (κ3) is 19.0. The van der Waals surface area contributed by atoms with E-state index in [0.717, 1.165) is 46.3 Å². The molecule has 2 aliphatic heterocycles. The van der Waals surface area contributed by atoms with Crippen LogP contribution in [0.5, 0.6) is 0 Å². The van der Waals surface area contributed by atoms with Crippen molar-refractivity contribution in [3.8, 4) is 12.1 Å². The molecule has 6 rings (SSSR count). The Balaban J connectivity index is 0.000000323. The fourth-order valence-electron chi connectivity index (χ4n) is 9.55. The summed E-state index contributed by atoms with van der Waals surface area (Å²) in [5.74, 6) is 0. The van der Waals surface area contributed by atoms with Crippen LogP contribution in [-0.4, -0.2) is 163 Å². The smallest absolute Gasteiger partial charge is 0.259 e. The van der Waals surface area contributed by atoms with E-state index in [2.05, 4.69) is 141 Å². The molecule has 6 heterocycles. The molecule has 436 valence electrons. The Kier molecular flexibility index (Phi) is 29.3. The predicted octanol–water partition coefficient (Wildman–Crippen LogP) is 12.9. The molecule has 4 aromatic heterocycles. The van der Waals surface area contributed by atoms with Gasteiger partial charge < -0.3 is 47.1 Å². The largest absolute Gasteiger partial charge is 0.390 e. The first-order chi connectivity index (χ1) is 36.6. The second kappa shape index (κ2) is 33.5. The lowest BCUT2D eigenvalue weighted by Crippen LogP contribution is -2.43. The Morgan fingerprint density at radius 3 is 1.45 bits per heavy atom. The van der Waals surface area contributed by atoms with Crippen LogP contribution in [0.1, 0.15) is 155 Å². The van der Waals surface area contributed by atoms with Gasteiger partial charge in [0.25, 0.3) is 8.53 Å². The van der Waals surface area contributed by atoms with E-state index in [0.29, 0.717) is 63.1 Å². The number of nitriles is 2. The van der Waals surface area contributed by atoms with Crippen molar-refractivity contribution in [1.29, 1.82) is 10.5 Å². The Hall–Kier alpha value is -4.20. The molecular weight excluding hydrogens is 1020 g/mol.